The van der Waals surface area contributed by atoms with Gasteiger partial charge in [0.2, 0.25) is 10.0 Å². The molecule has 0 bridgehead atoms. The van der Waals surface area contributed by atoms with Crippen LogP contribution in [0.3, 0.4) is 0 Å². The van der Waals surface area contributed by atoms with E-state index in [1.165, 1.54) is 0 Å². The standard InChI is InChI=1S/C20H27N3O4S/c1-22(28(26,27)15-5-3-2-4-6-15)14-7-8-18-16(11-20(24)25)17-12-21-10-9-19(17)23(18)13-14/h9-10,12,14-15H,2-8,11,13H2,1H3,(H,24,25)/t14-/m1/s1. The average Bonchev–Trinajstić information content (AvgIpc) is 3.01. The van der Waals surface area contributed by atoms with Gasteiger partial charge in [0.25, 0.3) is 0 Å². The highest BCUT2D eigenvalue weighted by atomic mass is 32.2. The van der Waals surface area contributed by atoms with Gasteiger partial charge >= 0.3 is 5.97 Å². The van der Waals surface area contributed by atoms with Crippen LogP contribution in [-0.4, -0.2) is 51.7 Å². The van der Waals surface area contributed by atoms with Crippen LogP contribution in [-0.2, 0) is 34.2 Å². The summed E-state index contributed by atoms with van der Waals surface area (Å²) in [5, 5.41) is 9.92. The number of carbonyl (C=O) groups is 1. The number of sulfonamides is 1. The van der Waals surface area contributed by atoms with E-state index in [-0.39, 0.29) is 17.7 Å². The van der Waals surface area contributed by atoms with Gasteiger partial charge in [-0.15, -0.1) is 0 Å². The third kappa shape index (κ3) is 3.33. The molecule has 0 saturated heterocycles. The van der Waals surface area contributed by atoms with Gasteiger partial charge in [-0.2, -0.15) is 4.31 Å². The van der Waals surface area contributed by atoms with E-state index in [1.807, 2.05) is 6.07 Å². The lowest BCUT2D eigenvalue weighted by molar-refractivity contribution is -0.136. The van der Waals surface area contributed by atoms with Crippen LogP contribution < -0.4 is 0 Å². The fourth-order valence-corrected chi connectivity index (χ4v) is 6.86. The first-order valence-corrected chi connectivity index (χ1v) is 11.5. The molecule has 2 aromatic rings. The number of carboxylic acids is 1. The number of rotatable bonds is 5. The highest BCUT2D eigenvalue weighted by Gasteiger charge is 2.37. The normalized spacial score (nSPS) is 21.1. The van der Waals surface area contributed by atoms with Crippen LogP contribution in [0.5, 0.6) is 0 Å². The van der Waals surface area contributed by atoms with Crippen molar-refractivity contribution in [2.75, 3.05) is 7.05 Å². The number of hydrogen-bond acceptors (Lipinski definition) is 4. The van der Waals surface area contributed by atoms with Crippen LogP contribution in [0.2, 0.25) is 0 Å². The molecule has 1 atom stereocenters. The molecule has 0 amide bonds. The smallest absolute Gasteiger partial charge is 0.307 e. The van der Waals surface area contributed by atoms with E-state index >= 15 is 0 Å². The van der Waals surface area contributed by atoms with Crippen molar-refractivity contribution in [3.63, 3.8) is 0 Å². The lowest BCUT2D eigenvalue weighted by Crippen LogP contribution is -2.46. The van der Waals surface area contributed by atoms with Crippen LogP contribution in [0, 0.1) is 0 Å². The van der Waals surface area contributed by atoms with Crippen molar-refractivity contribution in [3.05, 3.63) is 29.7 Å². The third-order valence-corrected chi connectivity index (χ3v) is 8.83. The largest absolute Gasteiger partial charge is 0.481 e. The zero-order chi connectivity index (χ0) is 19.9. The molecule has 1 saturated carbocycles. The highest BCUT2D eigenvalue weighted by molar-refractivity contribution is 7.89. The number of aromatic nitrogens is 2. The Morgan fingerprint density at radius 2 is 2.04 bits per heavy atom. The van der Waals surface area contributed by atoms with Gasteiger partial charge in [-0.05, 0) is 37.3 Å². The van der Waals surface area contributed by atoms with Crippen LogP contribution >= 0.6 is 0 Å². The number of hydrogen-bond donors (Lipinski definition) is 1. The van der Waals surface area contributed by atoms with Crippen molar-refractivity contribution >= 4 is 26.9 Å². The first-order chi connectivity index (χ1) is 13.4. The van der Waals surface area contributed by atoms with Crippen LogP contribution in [0.25, 0.3) is 10.9 Å². The summed E-state index contributed by atoms with van der Waals surface area (Å²) in [4.78, 5) is 15.5. The van der Waals surface area contributed by atoms with E-state index in [0.29, 0.717) is 19.4 Å². The molecule has 2 aliphatic rings. The monoisotopic (exact) mass is 405 g/mol. The maximum Gasteiger partial charge on any atom is 0.307 e. The Morgan fingerprint density at radius 3 is 2.75 bits per heavy atom. The summed E-state index contributed by atoms with van der Waals surface area (Å²) in [6, 6.07) is 1.78. The summed E-state index contributed by atoms with van der Waals surface area (Å²) in [7, 11) is -1.60. The summed E-state index contributed by atoms with van der Waals surface area (Å²) in [6.45, 7) is 0.553. The van der Waals surface area contributed by atoms with Gasteiger partial charge in [0, 0.05) is 43.1 Å². The maximum absolute atomic E-state index is 13.1. The minimum Gasteiger partial charge on any atom is -0.481 e. The van der Waals surface area contributed by atoms with Crippen molar-refractivity contribution < 1.29 is 18.3 Å². The summed E-state index contributed by atoms with van der Waals surface area (Å²) in [5.41, 5.74) is 2.76. The molecule has 4 rings (SSSR count). The van der Waals surface area contributed by atoms with Crippen molar-refractivity contribution in [1.29, 1.82) is 0 Å². The fourth-order valence-electron chi connectivity index (χ4n) is 4.87. The third-order valence-electron chi connectivity index (χ3n) is 6.41. The molecule has 1 fully saturated rings. The molecule has 7 nitrogen and oxygen atoms in total. The predicted octanol–water partition coefficient (Wildman–Crippen LogP) is 2.57. The summed E-state index contributed by atoms with van der Waals surface area (Å²) < 4.78 is 30.0. The Bertz CT molecular complexity index is 992. The Kier molecular flexibility index (Phi) is 5.18. The second-order valence-corrected chi connectivity index (χ2v) is 10.3. The lowest BCUT2D eigenvalue weighted by atomic mass is 10.0. The SMILES string of the molecule is CN([C@@H]1CCc2c(CC(=O)O)c3cnccc3n2C1)S(=O)(=O)C1CCCCC1. The quantitative estimate of drug-likeness (QED) is 0.825. The zero-order valence-electron chi connectivity index (χ0n) is 16.2. The molecule has 0 radical (unpaired) electrons. The molecule has 1 N–H and O–H groups in total. The fraction of sp³-hybridized carbons (Fsp3) is 0.600. The molecule has 28 heavy (non-hydrogen) atoms. The van der Waals surface area contributed by atoms with Gasteiger partial charge < -0.3 is 9.67 Å². The van der Waals surface area contributed by atoms with Gasteiger partial charge in [-0.25, -0.2) is 8.42 Å². The molecule has 1 aliphatic carbocycles. The van der Waals surface area contributed by atoms with Crippen molar-refractivity contribution in [2.45, 2.75) is 69.2 Å². The molecule has 0 unspecified atom stereocenters. The predicted molar refractivity (Wildman–Crippen MR) is 107 cm³/mol. The van der Waals surface area contributed by atoms with Crippen LogP contribution in [0.1, 0.15) is 49.8 Å². The number of fused-ring (bicyclic) bond motifs is 3. The zero-order valence-corrected chi connectivity index (χ0v) is 17.0. The van der Waals surface area contributed by atoms with Crippen LogP contribution in [0.15, 0.2) is 18.5 Å². The van der Waals surface area contributed by atoms with Gasteiger partial charge in [-0.3, -0.25) is 9.78 Å². The highest BCUT2D eigenvalue weighted by Crippen LogP contribution is 2.34. The van der Waals surface area contributed by atoms with Gasteiger partial charge in [0.05, 0.1) is 17.2 Å². The minimum absolute atomic E-state index is 0.0363. The number of carboxylic acid groups (broad SMARTS) is 1. The molecular weight excluding hydrogens is 378 g/mol. The Morgan fingerprint density at radius 1 is 1.29 bits per heavy atom. The summed E-state index contributed by atoms with van der Waals surface area (Å²) in [5.74, 6) is -0.863. The first-order valence-electron chi connectivity index (χ1n) is 10.0. The van der Waals surface area contributed by atoms with E-state index in [1.54, 1.807) is 23.7 Å². The number of nitrogens with zero attached hydrogens (tertiary/aromatic N) is 3. The number of pyridine rings is 1. The molecule has 0 spiro atoms. The minimum atomic E-state index is -3.32. The second-order valence-electron chi connectivity index (χ2n) is 8.01. The molecule has 1 aliphatic heterocycles. The van der Waals surface area contributed by atoms with Crippen molar-refractivity contribution in [3.8, 4) is 0 Å². The molecule has 3 heterocycles. The maximum atomic E-state index is 13.1. The Labute approximate surface area is 165 Å². The summed E-state index contributed by atoms with van der Waals surface area (Å²) in [6.07, 6.45) is 9.37. The Hall–Kier alpha value is -1.93. The topological polar surface area (TPSA) is 92.5 Å². The van der Waals surface area contributed by atoms with E-state index < -0.39 is 16.0 Å². The van der Waals surface area contributed by atoms with E-state index in [4.69, 9.17) is 0 Å². The molecule has 0 aromatic carbocycles. The van der Waals surface area contributed by atoms with Crippen LogP contribution in [0.4, 0.5) is 0 Å². The van der Waals surface area contributed by atoms with E-state index in [0.717, 1.165) is 54.3 Å². The summed E-state index contributed by atoms with van der Waals surface area (Å²) >= 11 is 0. The van der Waals surface area contributed by atoms with Gasteiger partial charge in [0.15, 0.2) is 0 Å². The molecule has 8 heteroatoms. The van der Waals surface area contributed by atoms with Gasteiger partial charge in [0.1, 0.15) is 0 Å². The lowest BCUT2D eigenvalue weighted by Gasteiger charge is -2.35. The molecule has 152 valence electrons. The van der Waals surface area contributed by atoms with E-state index in [9.17, 15) is 18.3 Å². The molecular formula is C20H27N3O4S. The molecule has 2 aromatic heterocycles. The Balaban J connectivity index is 1.65. The van der Waals surface area contributed by atoms with Crippen molar-refractivity contribution in [2.24, 2.45) is 0 Å². The average molecular weight is 406 g/mol. The first kappa shape index (κ1) is 19.4. The van der Waals surface area contributed by atoms with Gasteiger partial charge in [-0.1, -0.05) is 19.3 Å². The van der Waals surface area contributed by atoms with E-state index in [2.05, 4.69) is 9.55 Å². The number of aliphatic carboxylic acids is 1. The number of likely N-dealkylation sites (N-methyl/N-ethyl adjacent to an activating group) is 1. The van der Waals surface area contributed by atoms with Crippen molar-refractivity contribution in [1.82, 2.24) is 13.9 Å². The second kappa shape index (κ2) is 7.48.